The highest BCUT2D eigenvalue weighted by Crippen LogP contribution is 2.30. The van der Waals surface area contributed by atoms with E-state index >= 15 is 0 Å². The molecule has 0 bridgehead atoms. The highest BCUT2D eigenvalue weighted by molar-refractivity contribution is 7.80. The number of hydrogen-bond acceptors (Lipinski definition) is 4. The summed E-state index contributed by atoms with van der Waals surface area (Å²) in [6.07, 6.45) is 2.87. The van der Waals surface area contributed by atoms with E-state index in [1.807, 2.05) is 20.8 Å². The van der Waals surface area contributed by atoms with Gasteiger partial charge in [-0.25, -0.2) is 0 Å². The quantitative estimate of drug-likeness (QED) is 0.473. The van der Waals surface area contributed by atoms with Crippen molar-refractivity contribution in [2.75, 3.05) is 0 Å². The molecule has 19 heavy (non-hydrogen) atoms. The number of hydrogen-bond donors (Lipinski definition) is 2. The van der Waals surface area contributed by atoms with Crippen molar-refractivity contribution in [3.05, 3.63) is 0 Å². The van der Waals surface area contributed by atoms with Crippen molar-refractivity contribution in [1.29, 1.82) is 0 Å². The van der Waals surface area contributed by atoms with Gasteiger partial charge in [-0.1, -0.05) is 12.2 Å². The van der Waals surface area contributed by atoms with Crippen LogP contribution in [0.15, 0.2) is 0 Å². The van der Waals surface area contributed by atoms with Crippen LogP contribution in [0.25, 0.3) is 0 Å². The van der Waals surface area contributed by atoms with Crippen molar-refractivity contribution in [3.8, 4) is 0 Å². The standard InChI is InChI=1S/C14H25NO3S/c1-14(2,3)18-12(17)7-9-4-5-10(13(15)19)8-11(16)6-9/h9-11,16H,4-8H2,1-3H3,(H2,15,19)/t9?,10-,11-/m0/s1. The number of thiocarbonyl (C=S) groups is 1. The summed E-state index contributed by atoms with van der Waals surface area (Å²) in [6, 6.07) is 0. The van der Waals surface area contributed by atoms with Crippen molar-refractivity contribution in [2.24, 2.45) is 17.6 Å². The Morgan fingerprint density at radius 1 is 1.37 bits per heavy atom. The first-order valence-corrected chi connectivity index (χ1v) is 7.27. The molecule has 0 saturated heterocycles. The van der Waals surface area contributed by atoms with E-state index in [4.69, 9.17) is 22.7 Å². The lowest BCUT2D eigenvalue weighted by molar-refractivity contribution is -0.156. The van der Waals surface area contributed by atoms with Gasteiger partial charge in [-0.3, -0.25) is 4.79 Å². The molecule has 1 fully saturated rings. The molecule has 0 aromatic carbocycles. The topological polar surface area (TPSA) is 72.5 Å². The van der Waals surface area contributed by atoms with E-state index in [-0.39, 0.29) is 17.8 Å². The van der Waals surface area contributed by atoms with E-state index in [1.165, 1.54) is 0 Å². The van der Waals surface area contributed by atoms with Crippen LogP contribution in [0.4, 0.5) is 0 Å². The first-order valence-electron chi connectivity index (χ1n) is 6.86. The van der Waals surface area contributed by atoms with Crippen LogP contribution in [0.2, 0.25) is 0 Å². The predicted molar refractivity (Wildman–Crippen MR) is 78.7 cm³/mol. The second-order valence-corrected chi connectivity index (χ2v) is 6.93. The lowest BCUT2D eigenvalue weighted by Crippen LogP contribution is -2.26. The fourth-order valence-corrected chi connectivity index (χ4v) is 2.76. The Morgan fingerprint density at radius 2 is 2.00 bits per heavy atom. The van der Waals surface area contributed by atoms with E-state index in [1.54, 1.807) is 0 Å². The SMILES string of the molecule is CC(C)(C)OC(=O)CC1CC[C@H](C(N)=S)C[C@@H](O)C1. The number of nitrogens with two attached hydrogens (primary N) is 1. The number of aliphatic hydroxyl groups excluding tert-OH is 1. The molecule has 110 valence electrons. The minimum absolute atomic E-state index is 0.0913. The molecule has 0 aromatic heterocycles. The van der Waals surface area contributed by atoms with Gasteiger partial charge < -0.3 is 15.6 Å². The molecule has 0 aliphatic heterocycles. The Morgan fingerprint density at radius 3 is 2.53 bits per heavy atom. The molecule has 5 heteroatoms. The van der Waals surface area contributed by atoms with Crippen LogP contribution in [0.1, 0.15) is 52.9 Å². The van der Waals surface area contributed by atoms with Crippen molar-refractivity contribution < 1.29 is 14.6 Å². The smallest absolute Gasteiger partial charge is 0.306 e. The highest BCUT2D eigenvalue weighted by atomic mass is 32.1. The zero-order valence-electron chi connectivity index (χ0n) is 12.0. The molecule has 1 saturated carbocycles. The monoisotopic (exact) mass is 287 g/mol. The fraction of sp³-hybridized carbons (Fsp3) is 0.857. The number of carbonyl (C=O) groups excluding carboxylic acids is 1. The molecule has 3 N–H and O–H groups in total. The lowest BCUT2D eigenvalue weighted by Gasteiger charge is -2.22. The third-order valence-corrected chi connectivity index (χ3v) is 3.70. The molecule has 1 unspecified atom stereocenters. The van der Waals surface area contributed by atoms with Gasteiger partial charge >= 0.3 is 5.97 Å². The van der Waals surface area contributed by atoms with Crippen molar-refractivity contribution in [1.82, 2.24) is 0 Å². The summed E-state index contributed by atoms with van der Waals surface area (Å²) in [7, 11) is 0. The average molecular weight is 287 g/mol. The highest BCUT2D eigenvalue weighted by Gasteiger charge is 2.28. The maximum Gasteiger partial charge on any atom is 0.306 e. The van der Waals surface area contributed by atoms with Gasteiger partial charge in [0.1, 0.15) is 5.60 Å². The third-order valence-electron chi connectivity index (χ3n) is 3.36. The number of esters is 1. The van der Waals surface area contributed by atoms with Crippen molar-refractivity contribution in [2.45, 2.75) is 64.6 Å². The second kappa shape index (κ2) is 6.66. The van der Waals surface area contributed by atoms with Gasteiger partial charge in [0.2, 0.25) is 0 Å². The van der Waals surface area contributed by atoms with Gasteiger partial charge in [0, 0.05) is 12.3 Å². The Hall–Kier alpha value is -0.680. The van der Waals surface area contributed by atoms with Gasteiger partial charge in [0.05, 0.1) is 11.1 Å². The summed E-state index contributed by atoms with van der Waals surface area (Å²) in [5, 5.41) is 9.96. The molecule has 1 aliphatic rings. The van der Waals surface area contributed by atoms with Gasteiger partial charge in [0.15, 0.2) is 0 Å². The average Bonchev–Trinajstić information content (AvgIpc) is 2.36. The lowest BCUT2D eigenvalue weighted by atomic mass is 9.95. The van der Waals surface area contributed by atoms with E-state index < -0.39 is 11.7 Å². The summed E-state index contributed by atoms with van der Waals surface area (Å²) in [5.74, 6) is 0.0521. The van der Waals surface area contributed by atoms with E-state index in [9.17, 15) is 9.90 Å². The zero-order valence-corrected chi connectivity index (χ0v) is 12.8. The number of ether oxygens (including phenoxy) is 1. The molecule has 3 atom stereocenters. The van der Waals surface area contributed by atoms with Crippen LogP contribution in [0.5, 0.6) is 0 Å². The Bertz CT molecular complexity index is 338. The van der Waals surface area contributed by atoms with Gasteiger partial charge in [-0.2, -0.15) is 0 Å². The molecule has 1 rings (SSSR count). The Balaban J connectivity index is 2.51. The molecule has 0 heterocycles. The van der Waals surface area contributed by atoms with Crippen molar-refractivity contribution >= 4 is 23.2 Å². The maximum atomic E-state index is 11.8. The second-order valence-electron chi connectivity index (χ2n) is 6.46. The molecule has 0 radical (unpaired) electrons. The number of carbonyl (C=O) groups is 1. The summed E-state index contributed by atoms with van der Waals surface area (Å²) >= 11 is 5.00. The number of rotatable bonds is 3. The van der Waals surface area contributed by atoms with E-state index in [2.05, 4.69) is 0 Å². The summed E-state index contributed by atoms with van der Waals surface area (Å²) < 4.78 is 5.32. The zero-order chi connectivity index (χ0) is 14.6. The van der Waals surface area contributed by atoms with Gasteiger partial charge in [0.25, 0.3) is 0 Å². The van der Waals surface area contributed by atoms with Crippen LogP contribution in [-0.4, -0.2) is 27.8 Å². The summed E-state index contributed by atoms with van der Waals surface area (Å²) in [4.78, 5) is 12.3. The normalized spacial score (nSPS) is 28.5. The molecule has 0 aromatic rings. The van der Waals surface area contributed by atoms with Crippen LogP contribution in [0, 0.1) is 11.8 Å². The first kappa shape index (κ1) is 16.4. The van der Waals surface area contributed by atoms with Crippen molar-refractivity contribution in [3.63, 3.8) is 0 Å². The predicted octanol–water partition coefficient (Wildman–Crippen LogP) is 2.17. The minimum atomic E-state index is -0.457. The molecular weight excluding hydrogens is 262 g/mol. The number of aliphatic hydroxyl groups is 1. The largest absolute Gasteiger partial charge is 0.460 e. The maximum absolute atomic E-state index is 11.8. The Kier molecular flexibility index (Phi) is 5.74. The minimum Gasteiger partial charge on any atom is -0.460 e. The van der Waals surface area contributed by atoms with Gasteiger partial charge in [-0.15, -0.1) is 0 Å². The fourth-order valence-electron chi connectivity index (χ4n) is 2.54. The van der Waals surface area contributed by atoms with Crippen LogP contribution in [-0.2, 0) is 9.53 Å². The van der Waals surface area contributed by atoms with Crippen LogP contribution in [0.3, 0.4) is 0 Å². The van der Waals surface area contributed by atoms with E-state index in [0.29, 0.717) is 24.3 Å². The van der Waals surface area contributed by atoms with Crippen LogP contribution < -0.4 is 5.73 Å². The molecular formula is C14H25NO3S. The summed E-state index contributed by atoms with van der Waals surface area (Å²) in [5.41, 5.74) is 5.20. The molecule has 1 aliphatic carbocycles. The summed E-state index contributed by atoms with van der Waals surface area (Å²) in [6.45, 7) is 5.57. The molecule has 0 amide bonds. The third kappa shape index (κ3) is 6.34. The molecule has 4 nitrogen and oxygen atoms in total. The van der Waals surface area contributed by atoms with E-state index in [0.717, 1.165) is 12.8 Å². The van der Waals surface area contributed by atoms with Gasteiger partial charge in [-0.05, 0) is 52.4 Å². The first-order chi connectivity index (χ1) is 8.67. The van der Waals surface area contributed by atoms with Crippen LogP contribution >= 0.6 is 12.2 Å². The molecule has 0 spiro atoms. The Labute approximate surface area is 120 Å².